The summed E-state index contributed by atoms with van der Waals surface area (Å²) in [5.74, 6) is 0. The van der Waals surface area contributed by atoms with Crippen LogP contribution in [0.1, 0.15) is 20.8 Å². The van der Waals surface area contributed by atoms with Crippen LogP contribution in [0.15, 0.2) is 53.5 Å². The van der Waals surface area contributed by atoms with Crippen molar-refractivity contribution in [2.75, 3.05) is 11.8 Å². The normalized spacial score (nSPS) is 22.2. The third kappa shape index (κ3) is 2.49. The Hall–Kier alpha value is -1.80. The summed E-state index contributed by atoms with van der Waals surface area (Å²) < 4.78 is 16.2. The summed E-state index contributed by atoms with van der Waals surface area (Å²) in [4.78, 5) is 4.60. The number of benzene rings is 2. The van der Waals surface area contributed by atoms with Crippen molar-refractivity contribution in [2.24, 2.45) is 4.99 Å². The summed E-state index contributed by atoms with van der Waals surface area (Å²) in [7, 11) is 0. The Morgan fingerprint density at radius 1 is 1.26 bits per heavy atom. The number of fused-ring (bicyclic) bond motifs is 1. The molecule has 3 rings (SSSR count). The van der Waals surface area contributed by atoms with Crippen LogP contribution in [0.5, 0.6) is 0 Å². The van der Waals surface area contributed by atoms with E-state index in [4.69, 9.17) is 14.3 Å². The van der Waals surface area contributed by atoms with Gasteiger partial charge in [0.2, 0.25) is 0 Å². The van der Waals surface area contributed by atoms with Crippen LogP contribution in [0.2, 0.25) is 5.02 Å². The van der Waals surface area contributed by atoms with E-state index < -0.39 is 12.5 Å². The van der Waals surface area contributed by atoms with E-state index in [0.717, 1.165) is 16.8 Å². The Morgan fingerprint density at radius 3 is 2.84 bits per heavy atom. The van der Waals surface area contributed by atoms with Crippen LogP contribution in [0.3, 0.4) is 0 Å². The van der Waals surface area contributed by atoms with E-state index in [9.17, 15) is 0 Å². The van der Waals surface area contributed by atoms with Gasteiger partial charge in [-0.1, -0.05) is 41.9 Å². The van der Waals surface area contributed by atoms with Crippen molar-refractivity contribution in [3.05, 3.63) is 64.7 Å². The maximum Gasteiger partial charge on any atom is 0.0744 e. The molecule has 1 heterocycles. The van der Waals surface area contributed by atoms with Crippen molar-refractivity contribution < 1.29 is 2.74 Å². The number of halogens is 1. The molecule has 0 aliphatic carbocycles. The fourth-order valence-corrected chi connectivity index (χ4v) is 2.30. The molecule has 0 amide bonds. The summed E-state index contributed by atoms with van der Waals surface area (Å²) in [5.41, 5.74) is 3.24. The van der Waals surface area contributed by atoms with Gasteiger partial charge in [0.05, 0.1) is 14.5 Å². The molecule has 2 nitrogen and oxygen atoms in total. The topological polar surface area (TPSA) is 24.4 Å². The minimum absolute atomic E-state index is 0.515. The van der Waals surface area contributed by atoms with Gasteiger partial charge in [-0.15, -0.1) is 0 Å². The molecule has 1 atom stereocenters. The van der Waals surface area contributed by atoms with Gasteiger partial charge in [0.1, 0.15) is 0 Å². The molecule has 1 N–H and O–H groups in total. The first-order valence-corrected chi connectivity index (χ1v) is 6.56. The average Bonchev–Trinajstić information content (AvgIpc) is 2.56. The predicted molar refractivity (Wildman–Crippen MR) is 81.5 cm³/mol. The minimum atomic E-state index is -1.61. The largest absolute Gasteiger partial charge is 0.382 e. The zero-order valence-electron chi connectivity index (χ0n) is 12.5. The molecule has 0 aromatic heterocycles. The summed E-state index contributed by atoms with van der Waals surface area (Å²) in [6.07, 6.45) is 0. The monoisotopic (exact) mass is 272 g/mol. The molecule has 0 spiro atoms. The standard InChI is InChI=1S/C16H15ClN2/c1-11-10-18-15-8-7-13(17)9-14(15)16(19-11)12-5-3-2-4-6-12/h2-9,11,18H,10H2,1H3/t11-/m0/s1/i10D2. The summed E-state index contributed by atoms with van der Waals surface area (Å²) in [6, 6.07) is 14.6. The fraction of sp³-hybridized carbons (Fsp3) is 0.188. The van der Waals surface area contributed by atoms with Gasteiger partial charge in [0.15, 0.2) is 0 Å². The number of anilines is 1. The lowest BCUT2D eigenvalue weighted by Gasteiger charge is -2.10. The van der Waals surface area contributed by atoms with Crippen molar-refractivity contribution in [3.8, 4) is 0 Å². The van der Waals surface area contributed by atoms with E-state index in [1.54, 1.807) is 19.1 Å². The van der Waals surface area contributed by atoms with Gasteiger partial charge >= 0.3 is 0 Å². The highest BCUT2D eigenvalue weighted by Gasteiger charge is 2.17. The Balaban J connectivity index is 2.24. The summed E-state index contributed by atoms with van der Waals surface area (Å²) in [6.45, 7) is 0.155. The summed E-state index contributed by atoms with van der Waals surface area (Å²) in [5, 5.41) is 3.54. The summed E-state index contributed by atoms with van der Waals surface area (Å²) >= 11 is 6.11. The maximum absolute atomic E-state index is 8.12. The highest BCUT2D eigenvalue weighted by Crippen LogP contribution is 2.26. The molecule has 19 heavy (non-hydrogen) atoms. The SMILES string of the molecule is [2H]C1([2H])Nc2ccc(Cl)cc2C(c2ccccc2)=N[C@H]1C. The first kappa shape index (κ1) is 10.0. The molecule has 0 bridgehead atoms. The first-order valence-electron chi connectivity index (χ1n) is 7.19. The number of hydrogen-bond acceptors (Lipinski definition) is 2. The Kier molecular flexibility index (Phi) is 2.67. The van der Waals surface area contributed by atoms with Gasteiger partial charge in [-0.3, -0.25) is 4.99 Å². The Morgan fingerprint density at radius 2 is 2.05 bits per heavy atom. The highest BCUT2D eigenvalue weighted by molar-refractivity contribution is 6.31. The van der Waals surface area contributed by atoms with Crippen LogP contribution in [0.4, 0.5) is 5.69 Å². The van der Waals surface area contributed by atoms with Gasteiger partial charge in [-0.25, -0.2) is 0 Å². The second kappa shape index (κ2) is 5.06. The lowest BCUT2D eigenvalue weighted by molar-refractivity contribution is 0.788. The van der Waals surface area contributed by atoms with Gasteiger partial charge < -0.3 is 5.32 Å². The third-order valence-electron chi connectivity index (χ3n) is 3.02. The molecule has 96 valence electrons. The first-order chi connectivity index (χ1) is 9.97. The van der Waals surface area contributed by atoms with Gasteiger partial charge in [-0.05, 0) is 25.1 Å². The molecule has 0 unspecified atom stereocenters. The number of nitrogens with zero attached hydrogens (tertiary/aromatic N) is 1. The number of nitrogens with one attached hydrogen (secondary N) is 1. The molecule has 0 fully saturated rings. The molecule has 2 aromatic carbocycles. The lowest BCUT2D eigenvalue weighted by Crippen LogP contribution is -2.12. The number of hydrogen-bond donors (Lipinski definition) is 1. The van der Waals surface area contributed by atoms with E-state index in [-0.39, 0.29) is 0 Å². The van der Waals surface area contributed by atoms with E-state index >= 15 is 0 Å². The van der Waals surface area contributed by atoms with Crippen molar-refractivity contribution in [3.63, 3.8) is 0 Å². The van der Waals surface area contributed by atoms with E-state index in [2.05, 4.69) is 10.3 Å². The van der Waals surface area contributed by atoms with Crippen LogP contribution in [0.25, 0.3) is 0 Å². The van der Waals surface area contributed by atoms with Crippen LogP contribution in [0, 0.1) is 0 Å². The molecule has 1 aliphatic heterocycles. The molecule has 0 saturated carbocycles. The van der Waals surface area contributed by atoms with Crippen molar-refractivity contribution in [1.82, 2.24) is 0 Å². The average molecular weight is 273 g/mol. The molecular weight excluding hydrogens is 256 g/mol. The van der Waals surface area contributed by atoms with Crippen molar-refractivity contribution >= 4 is 23.0 Å². The van der Waals surface area contributed by atoms with Gasteiger partial charge in [0, 0.05) is 28.3 Å². The van der Waals surface area contributed by atoms with E-state index in [1.165, 1.54) is 0 Å². The molecule has 0 radical (unpaired) electrons. The third-order valence-corrected chi connectivity index (χ3v) is 3.26. The second-order valence-corrected chi connectivity index (χ2v) is 4.92. The molecule has 0 saturated heterocycles. The van der Waals surface area contributed by atoms with Crippen LogP contribution < -0.4 is 5.32 Å². The highest BCUT2D eigenvalue weighted by atomic mass is 35.5. The molecule has 1 aliphatic rings. The lowest BCUT2D eigenvalue weighted by atomic mass is 10.0. The predicted octanol–water partition coefficient (Wildman–Crippen LogP) is 3.99. The van der Waals surface area contributed by atoms with Gasteiger partial charge in [-0.2, -0.15) is 0 Å². The molecule has 2 aromatic rings. The van der Waals surface area contributed by atoms with E-state index in [1.807, 2.05) is 36.4 Å². The smallest absolute Gasteiger partial charge is 0.0744 e. The van der Waals surface area contributed by atoms with Gasteiger partial charge in [0.25, 0.3) is 0 Å². The number of aliphatic imine (C=N–C) groups is 1. The molecule has 3 heteroatoms. The van der Waals surface area contributed by atoms with E-state index in [0.29, 0.717) is 10.7 Å². The zero-order valence-corrected chi connectivity index (χ0v) is 11.3. The quantitative estimate of drug-likeness (QED) is 0.834. The molecular formula is C16H15ClN2. The van der Waals surface area contributed by atoms with Crippen molar-refractivity contribution in [1.29, 1.82) is 0 Å². The maximum atomic E-state index is 8.12. The zero-order chi connectivity index (χ0) is 15.0. The fourth-order valence-electron chi connectivity index (χ4n) is 2.13. The number of rotatable bonds is 1. The van der Waals surface area contributed by atoms with Crippen molar-refractivity contribution in [2.45, 2.75) is 13.0 Å². The van der Waals surface area contributed by atoms with Crippen LogP contribution in [-0.2, 0) is 0 Å². The minimum Gasteiger partial charge on any atom is -0.382 e. The second-order valence-electron chi connectivity index (χ2n) is 4.48. The number of benzodiazepines with no additional fused rings is 1. The Labute approximate surface area is 121 Å². The Bertz CT molecular complexity index is 699. The van der Waals surface area contributed by atoms with Crippen LogP contribution in [-0.4, -0.2) is 18.3 Å². The van der Waals surface area contributed by atoms with Crippen LogP contribution >= 0.6 is 11.6 Å².